The van der Waals surface area contributed by atoms with E-state index in [1.54, 1.807) is 6.08 Å². The highest BCUT2D eigenvalue weighted by molar-refractivity contribution is 8.18. The van der Waals surface area contributed by atoms with Crippen molar-refractivity contribution in [2.45, 2.75) is 19.9 Å². The third kappa shape index (κ3) is 2.78. The Bertz CT molecular complexity index is 605. The lowest BCUT2D eigenvalue weighted by atomic mass is 10.3. The van der Waals surface area contributed by atoms with Crippen LogP contribution in [0.15, 0.2) is 17.0 Å². The molecule has 1 fully saturated rings. The van der Waals surface area contributed by atoms with Crippen molar-refractivity contribution in [1.82, 2.24) is 4.90 Å². The van der Waals surface area contributed by atoms with Gasteiger partial charge >= 0.3 is 5.97 Å². The maximum atomic E-state index is 12.2. The van der Waals surface area contributed by atoms with Crippen molar-refractivity contribution >= 4 is 46.3 Å². The molecule has 0 spiro atoms. The van der Waals surface area contributed by atoms with Gasteiger partial charge in [0.2, 0.25) is 0 Å². The largest absolute Gasteiger partial charge is 0.467 e. The van der Waals surface area contributed by atoms with Crippen LogP contribution in [0, 0.1) is 6.92 Å². The molecule has 7 heteroatoms. The molecule has 2 rings (SSSR count). The fraction of sp³-hybridized carbons (Fsp3) is 0.308. The average molecular weight is 311 g/mol. The van der Waals surface area contributed by atoms with E-state index in [0.717, 1.165) is 26.4 Å². The molecule has 1 saturated heterocycles. The van der Waals surface area contributed by atoms with Crippen molar-refractivity contribution in [2.24, 2.45) is 0 Å². The smallest absolute Gasteiger partial charge is 0.328 e. The van der Waals surface area contributed by atoms with Gasteiger partial charge in [-0.15, -0.1) is 11.3 Å². The summed E-state index contributed by atoms with van der Waals surface area (Å²) >= 11 is 2.37. The summed E-state index contributed by atoms with van der Waals surface area (Å²) in [5.74, 6) is -1.07. The summed E-state index contributed by atoms with van der Waals surface area (Å²) in [5.41, 5.74) is 0. The summed E-state index contributed by atoms with van der Waals surface area (Å²) in [6.45, 7) is 3.44. The van der Waals surface area contributed by atoms with Crippen LogP contribution in [0.1, 0.15) is 16.7 Å². The molecule has 0 radical (unpaired) electrons. The Hall–Kier alpha value is -1.60. The highest BCUT2D eigenvalue weighted by Gasteiger charge is 2.41. The van der Waals surface area contributed by atoms with Crippen molar-refractivity contribution in [2.75, 3.05) is 7.11 Å². The van der Waals surface area contributed by atoms with E-state index in [4.69, 9.17) is 0 Å². The number of methoxy groups -OCH3 is 1. The van der Waals surface area contributed by atoms with Crippen LogP contribution < -0.4 is 0 Å². The number of carbonyl (C=O) groups is 3. The molecular weight excluding hydrogens is 298 g/mol. The Morgan fingerprint density at radius 3 is 2.65 bits per heavy atom. The van der Waals surface area contributed by atoms with E-state index in [-0.39, 0.29) is 0 Å². The van der Waals surface area contributed by atoms with Crippen molar-refractivity contribution in [3.63, 3.8) is 0 Å². The first-order valence-corrected chi connectivity index (χ1v) is 7.48. The minimum atomic E-state index is -0.913. The van der Waals surface area contributed by atoms with E-state index in [1.165, 1.54) is 25.4 Å². The lowest BCUT2D eigenvalue weighted by Crippen LogP contribution is -2.42. The zero-order chi connectivity index (χ0) is 14.9. The van der Waals surface area contributed by atoms with Crippen molar-refractivity contribution in [3.05, 3.63) is 26.8 Å². The van der Waals surface area contributed by atoms with E-state index in [0.29, 0.717) is 4.91 Å². The summed E-state index contributed by atoms with van der Waals surface area (Å²) in [6.07, 6.45) is 1.67. The van der Waals surface area contributed by atoms with Gasteiger partial charge in [-0.05, 0) is 43.8 Å². The van der Waals surface area contributed by atoms with E-state index >= 15 is 0 Å². The molecule has 1 atom stereocenters. The number of thioether (sulfide) groups is 1. The quantitative estimate of drug-likeness (QED) is 0.634. The number of thiophene rings is 1. The second kappa shape index (κ2) is 5.80. The minimum Gasteiger partial charge on any atom is -0.467 e. The molecule has 1 unspecified atom stereocenters. The molecule has 2 amide bonds. The molecule has 1 aliphatic rings. The lowest BCUT2D eigenvalue weighted by Gasteiger charge is -2.18. The van der Waals surface area contributed by atoms with Gasteiger partial charge in [0.05, 0.1) is 12.0 Å². The summed E-state index contributed by atoms with van der Waals surface area (Å²) in [5, 5.41) is -0.451. The molecule has 0 aliphatic carbocycles. The van der Waals surface area contributed by atoms with Crippen LogP contribution in [0.5, 0.6) is 0 Å². The zero-order valence-corrected chi connectivity index (χ0v) is 12.8. The Morgan fingerprint density at radius 2 is 2.10 bits per heavy atom. The van der Waals surface area contributed by atoms with Crippen LogP contribution >= 0.6 is 23.1 Å². The summed E-state index contributed by atoms with van der Waals surface area (Å²) in [6, 6.07) is 2.92. The fourth-order valence-corrected chi connectivity index (χ4v) is 3.54. The van der Waals surface area contributed by atoms with Gasteiger partial charge < -0.3 is 4.74 Å². The summed E-state index contributed by atoms with van der Waals surface area (Å²) in [4.78, 5) is 38.8. The third-order valence-electron chi connectivity index (χ3n) is 2.79. The number of amides is 2. The monoisotopic (exact) mass is 311 g/mol. The van der Waals surface area contributed by atoms with Gasteiger partial charge in [0.25, 0.3) is 11.1 Å². The van der Waals surface area contributed by atoms with Gasteiger partial charge in [0.15, 0.2) is 0 Å². The molecule has 106 valence electrons. The van der Waals surface area contributed by atoms with Gasteiger partial charge in [-0.1, -0.05) is 0 Å². The van der Waals surface area contributed by atoms with Gasteiger partial charge in [-0.2, -0.15) is 0 Å². The predicted molar refractivity (Wildman–Crippen MR) is 78.3 cm³/mol. The van der Waals surface area contributed by atoms with Gasteiger partial charge in [-0.25, -0.2) is 4.79 Å². The van der Waals surface area contributed by atoms with Crippen LogP contribution in [0.25, 0.3) is 6.08 Å². The lowest BCUT2D eigenvalue weighted by molar-refractivity contribution is -0.148. The Kier molecular flexibility index (Phi) is 4.29. The predicted octanol–water partition coefficient (Wildman–Crippen LogP) is 2.65. The third-order valence-corrected chi connectivity index (χ3v) is 4.62. The van der Waals surface area contributed by atoms with E-state index in [2.05, 4.69) is 4.74 Å². The standard InChI is InChI=1S/C13H13NO4S2/c1-7-4-5-9(19-7)6-10-11(15)14(13(17)20-10)8(2)12(16)18-3/h4-6,8H,1-3H3. The molecule has 1 aliphatic heterocycles. The number of hydrogen-bond acceptors (Lipinski definition) is 6. The molecular formula is C13H13NO4S2. The minimum absolute atomic E-state index is 0.326. The normalized spacial score (nSPS) is 18.8. The van der Waals surface area contributed by atoms with Crippen molar-refractivity contribution in [1.29, 1.82) is 0 Å². The number of carbonyl (C=O) groups excluding carboxylic acids is 3. The Balaban J connectivity index is 2.25. The van der Waals surface area contributed by atoms with Crippen molar-refractivity contribution < 1.29 is 19.1 Å². The first-order valence-electron chi connectivity index (χ1n) is 5.85. The molecule has 1 aromatic heterocycles. The van der Waals surface area contributed by atoms with Crippen molar-refractivity contribution in [3.8, 4) is 0 Å². The number of esters is 1. The molecule has 0 saturated carbocycles. The number of aryl methyl sites for hydroxylation is 1. The fourth-order valence-electron chi connectivity index (χ4n) is 1.75. The Morgan fingerprint density at radius 1 is 1.40 bits per heavy atom. The van der Waals surface area contributed by atoms with Crippen LogP contribution in [0.2, 0.25) is 0 Å². The number of imide groups is 1. The average Bonchev–Trinajstić information content (AvgIpc) is 2.93. The second-order valence-corrected chi connectivity index (χ2v) is 6.51. The van der Waals surface area contributed by atoms with Gasteiger partial charge in [-0.3, -0.25) is 14.5 Å². The van der Waals surface area contributed by atoms with Gasteiger partial charge in [0.1, 0.15) is 6.04 Å². The molecule has 0 N–H and O–H groups in total. The highest BCUT2D eigenvalue weighted by atomic mass is 32.2. The van der Waals surface area contributed by atoms with E-state index in [9.17, 15) is 14.4 Å². The SMILES string of the molecule is COC(=O)C(C)N1C(=O)SC(=Cc2ccc(C)s2)C1=O. The Labute approximate surface area is 124 Å². The maximum Gasteiger partial charge on any atom is 0.328 e. The first kappa shape index (κ1) is 14.8. The molecule has 1 aromatic rings. The van der Waals surface area contributed by atoms with Gasteiger partial charge in [0, 0.05) is 9.75 Å². The highest BCUT2D eigenvalue weighted by Crippen LogP contribution is 2.34. The molecule has 2 heterocycles. The summed E-state index contributed by atoms with van der Waals surface area (Å²) < 4.78 is 4.57. The molecule has 0 aromatic carbocycles. The van der Waals surface area contributed by atoms with E-state index in [1.807, 2.05) is 19.1 Å². The van der Waals surface area contributed by atoms with E-state index < -0.39 is 23.2 Å². The number of rotatable bonds is 3. The second-order valence-electron chi connectivity index (χ2n) is 4.20. The number of ether oxygens (including phenoxy) is 1. The molecule has 5 nitrogen and oxygen atoms in total. The summed E-state index contributed by atoms with van der Waals surface area (Å²) in [7, 11) is 1.22. The zero-order valence-electron chi connectivity index (χ0n) is 11.2. The molecule has 0 bridgehead atoms. The molecule has 20 heavy (non-hydrogen) atoms. The van der Waals surface area contributed by atoms with Crippen LogP contribution in [-0.4, -0.2) is 35.2 Å². The van der Waals surface area contributed by atoms with Crippen LogP contribution in [0.3, 0.4) is 0 Å². The number of hydrogen-bond donors (Lipinski definition) is 0. The van der Waals surface area contributed by atoms with Crippen LogP contribution in [0.4, 0.5) is 4.79 Å². The van der Waals surface area contributed by atoms with Crippen LogP contribution in [-0.2, 0) is 14.3 Å². The topological polar surface area (TPSA) is 63.7 Å². The maximum absolute atomic E-state index is 12.2. The first-order chi connectivity index (χ1) is 9.43. The number of nitrogens with zero attached hydrogens (tertiary/aromatic N) is 1.